The first-order valence-electron chi connectivity index (χ1n) is 52.7. The maximum absolute atomic E-state index is 14.4. The van der Waals surface area contributed by atoms with Crippen molar-refractivity contribution >= 4 is 66.7 Å². The average molecular weight is 2050 g/mol. The third kappa shape index (κ3) is 20.5. The van der Waals surface area contributed by atoms with Gasteiger partial charge in [0.15, 0.2) is 9.84 Å². The number of ether oxygens (including phenoxy) is 2. The number of halogens is 4. The van der Waals surface area contributed by atoms with Gasteiger partial charge in [0.2, 0.25) is 10.0 Å². The molecule has 8 aliphatic carbocycles. The summed E-state index contributed by atoms with van der Waals surface area (Å²) in [6, 6.07) is 63.8. The topological polar surface area (TPSA) is 245 Å². The highest BCUT2D eigenvalue weighted by Gasteiger charge is 2.62. The molecule has 4 aliphatic heterocycles. The second-order valence-electron chi connectivity index (χ2n) is 45.0. The third-order valence-electron chi connectivity index (χ3n) is 36.5. The molecular formula is C116H147F4N15O10S2. The number of carbonyl (C=O) groups is 4. The Morgan fingerprint density at radius 2 is 0.687 bits per heavy atom. The zero-order valence-corrected chi connectivity index (χ0v) is 89.5. The minimum absolute atomic E-state index is 0.000498. The zero-order valence-electron chi connectivity index (χ0n) is 87.9. The Bertz CT molecular complexity index is 6380. The molecule has 8 saturated carbocycles. The van der Waals surface area contributed by atoms with Crippen LogP contribution in [0.2, 0.25) is 0 Å². The molecule has 0 bridgehead atoms. The van der Waals surface area contributed by atoms with Crippen molar-refractivity contribution in [2.24, 2.45) is 23.7 Å². The van der Waals surface area contributed by atoms with Crippen LogP contribution in [0.3, 0.4) is 0 Å². The molecule has 0 aromatic heterocycles. The molecule has 0 unspecified atom stereocenters. The molecular weight excluding hydrogens is 1900 g/mol. The molecule has 31 heteroatoms. The Hall–Kier alpha value is -11.2. The van der Waals surface area contributed by atoms with E-state index in [1.165, 1.54) is 123 Å². The van der Waals surface area contributed by atoms with E-state index in [4.69, 9.17) is 9.47 Å². The number of nitrogens with zero attached hydrogens (tertiary/aromatic N) is 15. The van der Waals surface area contributed by atoms with Gasteiger partial charge in [0.25, 0.3) is 0 Å². The van der Waals surface area contributed by atoms with Crippen LogP contribution in [0, 0.1) is 52.2 Å². The lowest BCUT2D eigenvalue weighted by Gasteiger charge is -2.51. The van der Waals surface area contributed by atoms with Crippen LogP contribution in [0.25, 0.3) is 0 Å². The molecule has 8 amide bonds. The van der Waals surface area contributed by atoms with Crippen LogP contribution in [0.15, 0.2) is 204 Å². The van der Waals surface area contributed by atoms with E-state index in [0.717, 1.165) is 170 Å². The molecule has 0 atom stereocenters. The van der Waals surface area contributed by atoms with Gasteiger partial charge >= 0.3 is 30.3 Å². The average Bonchev–Trinajstić information content (AvgIpc) is 1.60. The number of alkyl halides is 3. The summed E-state index contributed by atoms with van der Waals surface area (Å²) >= 11 is 0. The largest absolute Gasteiger partial charge is 0.497 e. The van der Waals surface area contributed by atoms with E-state index in [9.17, 15) is 64.1 Å². The molecule has 147 heavy (non-hydrogen) atoms. The molecule has 20 rings (SSSR count). The van der Waals surface area contributed by atoms with Crippen LogP contribution in [0.4, 0.5) is 59.5 Å². The van der Waals surface area contributed by atoms with Crippen molar-refractivity contribution in [2.75, 3.05) is 163 Å². The maximum atomic E-state index is 14.4. The van der Waals surface area contributed by atoms with Crippen molar-refractivity contribution < 1.29 is 63.0 Å². The number of hydrogen-bond donors (Lipinski definition) is 0. The monoisotopic (exact) mass is 2050 g/mol. The van der Waals surface area contributed by atoms with Crippen molar-refractivity contribution in [3.63, 3.8) is 0 Å². The quantitative estimate of drug-likeness (QED) is 0.0483. The zero-order chi connectivity index (χ0) is 105. The number of nitriles is 2. The van der Waals surface area contributed by atoms with Gasteiger partial charge in [-0.2, -0.15) is 23.7 Å². The van der Waals surface area contributed by atoms with E-state index in [2.05, 4.69) is 194 Å². The van der Waals surface area contributed by atoms with Gasteiger partial charge in [0, 0.05) is 80.4 Å². The van der Waals surface area contributed by atoms with Gasteiger partial charge in [0.1, 0.15) is 29.5 Å². The molecule has 12 fully saturated rings. The predicted octanol–water partition coefficient (Wildman–Crippen LogP) is 21.6. The molecule has 4 heterocycles. The van der Waals surface area contributed by atoms with E-state index in [1.807, 2.05) is 58.3 Å². The summed E-state index contributed by atoms with van der Waals surface area (Å²) in [4.78, 5) is 79.8. The minimum atomic E-state index is -4.85. The first-order valence-corrected chi connectivity index (χ1v) is 56.0. The normalized spacial score (nSPS) is 26.6. The van der Waals surface area contributed by atoms with Gasteiger partial charge in [-0.05, 0) is 323 Å². The summed E-state index contributed by atoms with van der Waals surface area (Å²) in [5.41, 5.74) is 4.27. The van der Waals surface area contributed by atoms with Crippen LogP contribution < -0.4 is 29.1 Å². The van der Waals surface area contributed by atoms with Crippen molar-refractivity contribution in [1.82, 2.24) is 43.5 Å². The standard InChI is InChI=1S/C30H39F3N4O3S.C29H36N4O3S.C29H39N3O3.C28H33FN4O/c1-34(2)29(23-11-6-5-7-12-23)17-15-28(16-18-29)21-36(27(38)37(28)20-22-9-8-10-22)26-14-13-24(41(39,40)35(3)4)19-25(26)30(31,32)33;1-31(2)29(24-10-5-4-6-11-24)16-14-28(15-17-29)21-32(27(34)33(28)20-22-8-7-9-22)26-18-25(37(3,35)36)13-12-23(26)19-30;1-30(2)29(23-11-6-5-7-12-23)17-15-28(16-18-29)21-31(27(33)32(28)20-22-9-8-10-22)25-14-13-24(34-3)19-26(25)35-4;1-31(2)28(23-9-4-3-5-10-23)15-13-27(14-16-28)20-32(24-11-12-25(29)22(17-24)18-30)26(34)33(27)19-21-7-6-8-21/h5-7,11-14,19,22H,8-10,15-18,20-21H2,1-4H3;4-6,10-13,18,22H,7-9,14-17,20-21H2,1-3H3;5-7,11-14,19,22H,8-10,15-18,20-21H2,1-4H3;3-5,9-12,17,21H,6-8,13-16,19-20H2,1-2H3. The summed E-state index contributed by atoms with van der Waals surface area (Å²) in [5.74, 6) is 2.92. The number of sulfone groups is 1. The minimum Gasteiger partial charge on any atom is -0.497 e. The van der Waals surface area contributed by atoms with Gasteiger partial charge in [-0.1, -0.05) is 147 Å². The smallest absolute Gasteiger partial charge is 0.418 e. The number of urea groups is 4. The molecule has 786 valence electrons. The third-order valence-corrected chi connectivity index (χ3v) is 39.4. The Kier molecular flexibility index (Phi) is 31.1. The Morgan fingerprint density at radius 1 is 0.367 bits per heavy atom. The number of benzene rings is 8. The Morgan fingerprint density at radius 3 is 0.986 bits per heavy atom. The van der Waals surface area contributed by atoms with Gasteiger partial charge in [-0.15, -0.1) is 0 Å². The lowest BCUT2D eigenvalue weighted by Crippen LogP contribution is -2.56. The van der Waals surface area contributed by atoms with Crippen LogP contribution in [0.5, 0.6) is 11.5 Å². The lowest BCUT2D eigenvalue weighted by atomic mass is 9.68. The molecule has 8 aromatic rings. The van der Waals surface area contributed by atoms with Crippen LogP contribution in [0.1, 0.15) is 219 Å². The van der Waals surface area contributed by atoms with Crippen LogP contribution in [-0.4, -0.2) is 250 Å². The van der Waals surface area contributed by atoms with Gasteiger partial charge < -0.3 is 29.1 Å². The molecule has 0 radical (unpaired) electrons. The molecule has 4 spiro atoms. The Balaban J connectivity index is 0.000000134. The van der Waals surface area contributed by atoms with E-state index in [-0.39, 0.29) is 79.6 Å². The number of amides is 8. The highest BCUT2D eigenvalue weighted by Crippen LogP contribution is 2.58. The molecule has 25 nitrogen and oxygen atoms in total. The van der Waals surface area contributed by atoms with Gasteiger partial charge in [-0.3, -0.25) is 39.2 Å². The van der Waals surface area contributed by atoms with E-state index < -0.39 is 53.9 Å². The molecule has 0 N–H and O–H groups in total. The number of methoxy groups -OCH3 is 2. The summed E-state index contributed by atoms with van der Waals surface area (Å²) in [5, 5.41) is 19.1. The van der Waals surface area contributed by atoms with E-state index >= 15 is 0 Å². The second-order valence-corrected chi connectivity index (χ2v) is 49.2. The predicted molar refractivity (Wildman–Crippen MR) is 566 cm³/mol. The Labute approximate surface area is 867 Å². The van der Waals surface area contributed by atoms with Gasteiger partial charge in [-0.25, -0.2) is 44.7 Å². The van der Waals surface area contributed by atoms with Crippen molar-refractivity contribution in [2.45, 2.75) is 240 Å². The van der Waals surface area contributed by atoms with Gasteiger partial charge in [0.05, 0.1) is 106 Å². The first kappa shape index (κ1) is 107. The molecule has 8 aromatic carbocycles. The van der Waals surface area contributed by atoms with Crippen LogP contribution in [-0.2, 0) is 48.2 Å². The summed E-state index contributed by atoms with van der Waals surface area (Å²) in [7, 11) is 15.4. The summed E-state index contributed by atoms with van der Waals surface area (Å²) in [6.07, 6.45) is 24.5. The SMILES string of the molecule is CN(C)C1(c2ccccc2)CCC2(CC1)CN(c1cc(S(C)(=O)=O)ccc1C#N)C(=O)N2CC1CCC1.CN(C)C1(c2ccccc2)CCC2(CC1)CN(c1ccc(F)c(C#N)c1)C(=O)N2CC1CCC1.CN(C)C1(c2ccccc2)CCC2(CC1)CN(c1ccc(S(=O)(=O)N(C)C)cc1C(F)(F)F)C(=O)N2CC1CCC1.COc1ccc(N2CC3(CCC(c4ccccc4)(N(C)C)CC3)N(CC3CCC3)C2=O)c(OC)c1. The number of carbonyl (C=O) groups excluding carboxylic acids is 4. The van der Waals surface area contributed by atoms with Crippen molar-refractivity contribution in [3.05, 3.63) is 239 Å². The fourth-order valence-corrected chi connectivity index (χ4v) is 27.7. The van der Waals surface area contributed by atoms with E-state index in [0.29, 0.717) is 91.4 Å². The lowest BCUT2D eigenvalue weighted by molar-refractivity contribution is -0.137. The highest BCUT2D eigenvalue weighted by molar-refractivity contribution is 7.90. The fourth-order valence-electron chi connectivity index (χ4n) is 26.2. The molecule has 12 aliphatic rings. The van der Waals surface area contributed by atoms with Crippen molar-refractivity contribution in [1.29, 1.82) is 10.5 Å². The van der Waals surface area contributed by atoms with Crippen LogP contribution >= 0.6 is 0 Å². The second kappa shape index (κ2) is 42.7. The maximum Gasteiger partial charge on any atom is 0.418 e. The highest BCUT2D eigenvalue weighted by atomic mass is 32.2. The molecule has 4 saturated heterocycles. The summed E-state index contributed by atoms with van der Waals surface area (Å²) < 4.78 is 119. The summed E-state index contributed by atoms with van der Waals surface area (Å²) in [6.45, 7) is 4.83. The number of anilines is 4. The fraction of sp³-hybridized carbons (Fsp3) is 0.534. The number of rotatable bonds is 25. The number of hydrogen-bond acceptors (Lipinski definition) is 16. The van der Waals surface area contributed by atoms with Crippen molar-refractivity contribution in [3.8, 4) is 23.6 Å². The first-order chi connectivity index (χ1) is 70.1. The number of sulfonamides is 1. The van der Waals surface area contributed by atoms with E-state index in [1.54, 1.807) is 30.1 Å².